The van der Waals surface area contributed by atoms with Crippen LogP contribution in [0.3, 0.4) is 0 Å². The molecule has 1 aromatic heterocycles. The van der Waals surface area contributed by atoms with Crippen LogP contribution in [0.5, 0.6) is 0 Å². The molecule has 0 spiro atoms. The molecular formula is C10H14N2O4. The van der Waals surface area contributed by atoms with Crippen molar-refractivity contribution in [2.24, 2.45) is 5.92 Å². The van der Waals surface area contributed by atoms with Gasteiger partial charge in [-0.1, -0.05) is 0 Å². The summed E-state index contributed by atoms with van der Waals surface area (Å²) in [6, 6.07) is -0.347. The van der Waals surface area contributed by atoms with Gasteiger partial charge in [-0.15, -0.1) is 0 Å². The molecule has 1 aromatic rings. The molecule has 3 N–H and O–H groups in total. The van der Waals surface area contributed by atoms with E-state index in [2.05, 4.69) is 4.98 Å². The normalized spacial score (nSPS) is 28.8. The molecule has 16 heavy (non-hydrogen) atoms. The summed E-state index contributed by atoms with van der Waals surface area (Å²) in [4.78, 5) is 24.8. The largest absolute Gasteiger partial charge is 0.396 e. The van der Waals surface area contributed by atoms with Crippen molar-refractivity contribution >= 4 is 0 Å². The van der Waals surface area contributed by atoms with Crippen molar-refractivity contribution in [1.29, 1.82) is 0 Å². The predicted molar refractivity (Wildman–Crippen MR) is 56.3 cm³/mol. The first-order valence-electron chi connectivity index (χ1n) is 5.15. The van der Waals surface area contributed by atoms with E-state index in [1.807, 2.05) is 0 Å². The zero-order chi connectivity index (χ0) is 11.9. The van der Waals surface area contributed by atoms with Crippen LogP contribution < -0.4 is 11.2 Å². The van der Waals surface area contributed by atoms with Gasteiger partial charge in [-0.3, -0.25) is 14.3 Å². The molecule has 6 nitrogen and oxygen atoms in total. The molecular weight excluding hydrogens is 212 g/mol. The summed E-state index contributed by atoms with van der Waals surface area (Å²) >= 11 is 0. The van der Waals surface area contributed by atoms with Gasteiger partial charge in [0, 0.05) is 24.3 Å². The third-order valence-electron chi connectivity index (χ3n) is 3.16. The molecule has 0 amide bonds. The number of hydrogen-bond acceptors (Lipinski definition) is 4. The number of aromatic nitrogens is 2. The molecule has 0 unspecified atom stereocenters. The van der Waals surface area contributed by atoms with Crippen LogP contribution >= 0.6 is 0 Å². The summed E-state index contributed by atoms with van der Waals surface area (Å²) < 4.78 is 1.33. The van der Waals surface area contributed by atoms with E-state index in [-0.39, 0.29) is 18.6 Å². The minimum Gasteiger partial charge on any atom is -0.396 e. The van der Waals surface area contributed by atoms with E-state index >= 15 is 0 Å². The van der Waals surface area contributed by atoms with Crippen molar-refractivity contribution < 1.29 is 10.2 Å². The quantitative estimate of drug-likeness (QED) is 0.587. The average Bonchev–Trinajstić information content (AvgIpc) is 2.24. The Balaban J connectivity index is 2.33. The highest BCUT2D eigenvalue weighted by Gasteiger charge is 2.40. The predicted octanol–water partition coefficient (Wildman–Crippen LogP) is -1.24. The van der Waals surface area contributed by atoms with Crippen molar-refractivity contribution in [3.8, 4) is 0 Å². The number of aliphatic hydroxyl groups excluding tert-OH is 2. The van der Waals surface area contributed by atoms with Gasteiger partial charge in [-0.25, -0.2) is 4.79 Å². The second kappa shape index (κ2) is 3.88. The van der Waals surface area contributed by atoms with E-state index < -0.39 is 17.4 Å². The highest BCUT2D eigenvalue weighted by atomic mass is 16.3. The van der Waals surface area contributed by atoms with Crippen molar-refractivity contribution in [2.45, 2.75) is 25.5 Å². The van der Waals surface area contributed by atoms with Crippen LogP contribution in [0.2, 0.25) is 0 Å². The number of rotatable bonds is 2. The number of hydrogen-bond donors (Lipinski definition) is 3. The van der Waals surface area contributed by atoms with Crippen LogP contribution in [0, 0.1) is 12.8 Å². The number of aryl methyl sites for hydroxylation is 1. The van der Waals surface area contributed by atoms with Gasteiger partial charge in [0.15, 0.2) is 0 Å². The van der Waals surface area contributed by atoms with E-state index in [1.54, 1.807) is 6.92 Å². The molecule has 1 heterocycles. The van der Waals surface area contributed by atoms with Gasteiger partial charge < -0.3 is 10.2 Å². The van der Waals surface area contributed by atoms with Crippen LogP contribution in [0.15, 0.2) is 15.8 Å². The molecule has 0 bridgehead atoms. The third-order valence-corrected chi connectivity index (χ3v) is 3.16. The first-order chi connectivity index (χ1) is 7.54. The molecule has 1 aliphatic rings. The second-order valence-electron chi connectivity index (χ2n) is 4.21. The van der Waals surface area contributed by atoms with Crippen LogP contribution in [-0.2, 0) is 0 Å². The Kier molecular flexibility index (Phi) is 2.69. The zero-order valence-corrected chi connectivity index (χ0v) is 8.88. The second-order valence-corrected chi connectivity index (χ2v) is 4.21. The SMILES string of the molecule is Cc1cn([C@@H]2C[C@H](CO)[C@@H]2O)c(=O)[nH]c1=O. The summed E-state index contributed by atoms with van der Waals surface area (Å²) in [6.45, 7) is 1.51. The minimum atomic E-state index is -0.729. The Bertz CT molecular complexity index is 504. The van der Waals surface area contributed by atoms with E-state index in [0.717, 1.165) is 0 Å². The van der Waals surface area contributed by atoms with Crippen LogP contribution in [-0.4, -0.2) is 32.5 Å². The summed E-state index contributed by atoms with van der Waals surface area (Å²) in [5, 5.41) is 18.6. The maximum absolute atomic E-state index is 11.5. The van der Waals surface area contributed by atoms with Crippen molar-refractivity contribution in [1.82, 2.24) is 9.55 Å². The Morgan fingerprint density at radius 2 is 2.25 bits per heavy atom. The lowest BCUT2D eigenvalue weighted by molar-refractivity contribution is -0.0580. The summed E-state index contributed by atoms with van der Waals surface area (Å²) in [5.74, 6) is -0.177. The van der Waals surface area contributed by atoms with Crippen molar-refractivity contribution in [2.75, 3.05) is 6.61 Å². The molecule has 3 atom stereocenters. The first-order valence-corrected chi connectivity index (χ1v) is 5.15. The smallest absolute Gasteiger partial charge is 0.328 e. The van der Waals surface area contributed by atoms with Crippen molar-refractivity contribution in [3.05, 3.63) is 32.6 Å². The number of aromatic amines is 1. The zero-order valence-electron chi connectivity index (χ0n) is 8.88. The molecule has 6 heteroatoms. The molecule has 0 aromatic carbocycles. The molecule has 0 aliphatic heterocycles. The molecule has 0 radical (unpaired) electrons. The molecule has 2 rings (SSSR count). The van der Waals surface area contributed by atoms with Gasteiger partial charge in [-0.05, 0) is 13.3 Å². The number of nitrogens with zero attached hydrogens (tertiary/aromatic N) is 1. The summed E-state index contributed by atoms with van der Waals surface area (Å²) in [6.07, 6.45) is 1.26. The maximum atomic E-state index is 11.5. The molecule has 1 aliphatic carbocycles. The van der Waals surface area contributed by atoms with E-state index in [0.29, 0.717) is 12.0 Å². The Labute approximate surface area is 91.2 Å². The van der Waals surface area contributed by atoms with Crippen molar-refractivity contribution in [3.63, 3.8) is 0 Å². The van der Waals surface area contributed by atoms with Gasteiger partial charge in [0.25, 0.3) is 5.56 Å². The topological polar surface area (TPSA) is 95.3 Å². The van der Waals surface area contributed by atoms with Gasteiger partial charge in [0.05, 0.1) is 12.1 Å². The molecule has 88 valence electrons. The summed E-state index contributed by atoms with van der Waals surface area (Å²) in [7, 11) is 0. The third kappa shape index (κ3) is 1.60. The lowest BCUT2D eigenvalue weighted by Gasteiger charge is -2.41. The fourth-order valence-corrected chi connectivity index (χ4v) is 2.00. The van der Waals surface area contributed by atoms with Gasteiger partial charge >= 0.3 is 5.69 Å². The fourth-order valence-electron chi connectivity index (χ4n) is 2.00. The van der Waals surface area contributed by atoms with Gasteiger partial charge in [0.1, 0.15) is 0 Å². The number of aliphatic hydroxyl groups is 2. The lowest BCUT2D eigenvalue weighted by atomic mass is 9.77. The van der Waals surface area contributed by atoms with E-state index in [9.17, 15) is 14.7 Å². The molecule has 0 saturated heterocycles. The maximum Gasteiger partial charge on any atom is 0.328 e. The monoisotopic (exact) mass is 226 g/mol. The highest BCUT2D eigenvalue weighted by Crippen LogP contribution is 2.36. The first kappa shape index (κ1) is 11.1. The van der Waals surface area contributed by atoms with Crippen LogP contribution in [0.1, 0.15) is 18.0 Å². The Morgan fingerprint density at radius 3 is 2.81 bits per heavy atom. The Hall–Kier alpha value is -1.40. The van der Waals surface area contributed by atoms with E-state index in [1.165, 1.54) is 10.8 Å². The van der Waals surface area contributed by atoms with Gasteiger partial charge in [0.2, 0.25) is 0 Å². The molecule has 1 saturated carbocycles. The van der Waals surface area contributed by atoms with E-state index in [4.69, 9.17) is 5.11 Å². The average molecular weight is 226 g/mol. The fraction of sp³-hybridized carbons (Fsp3) is 0.600. The molecule has 1 fully saturated rings. The number of H-pyrrole nitrogens is 1. The Morgan fingerprint density at radius 1 is 1.56 bits per heavy atom. The lowest BCUT2D eigenvalue weighted by Crippen LogP contribution is -2.49. The highest BCUT2D eigenvalue weighted by molar-refractivity contribution is 5.04. The van der Waals surface area contributed by atoms with Gasteiger partial charge in [-0.2, -0.15) is 0 Å². The standard InChI is InChI=1S/C10H14N2O4/c1-5-3-12(10(16)11-9(5)15)7-2-6(4-13)8(7)14/h3,6-8,13-14H,2,4H2,1H3,(H,11,15,16)/t6-,7-,8+/m1/s1. The van der Waals surface area contributed by atoms with Crippen LogP contribution in [0.25, 0.3) is 0 Å². The summed E-state index contributed by atoms with van der Waals surface area (Å²) in [5.41, 5.74) is -0.496. The van der Waals surface area contributed by atoms with Crippen LogP contribution in [0.4, 0.5) is 0 Å². The number of nitrogens with one attached hydrogen (secondary N) is 1. The minimum absolute atomic E-state index is 0.0885.